The first-order chi connectivity index (χ1) is 12.2. The van der Waals surface area contributed by atoms with Crippen molar-refractivity contribution in [2.24, 2.45) is 0 Å². The Labute approximate surface area is 145 Å². The molecule has 1 aliphatic heterocycles. The molecular formula is C18H21N5O2. The van der Waals surface area contributed by atoms with Crippen LogP contribution in [0.4, 0.5) is 0 Å². The molecule has 4 rings (SSSR count). The third kappa shape index (κ3) is 3.15. The van der Waals surface area contributed by atoms with Gasteiger partial charge in [-0.1, -0.05) is 0 Å². The van der Waals surface area contributed by atoms with Crippen molar-refractivity contribution in [3.63, 3.8) is 0 Å². The van der Waals surface area contributed by atoms with E-state index in [1.54, 1.807) is 29.2 Å². The van der Waals surface area contributed by atoms with E-state index in [2.05, 4.69) is 20.3 Å². The highest BCUT2D eigenvalue weighted by Gasteiger charge is 2.27. The van der Waals surface area contributed by atoms with Gasteiger partial charge in [-0.15, -0.1) is 0 Å². The minimum absolute atomic E-state index is 0.0461. The molecule has 1 aliphatic rings. The molecule has 3 aromatic heterocycles. The zero-order chi connectivity index (χ0) is 17.2. The van der Waals surface area contributed by atoms with Crippen LogP contribution in [-0.4, -0.2) is 45.0 Å². The molecule has 1 fully saturated rings. The summed E-state index contributed by atoms with van der Waals surface area (Å²) < 4.78 is 7.48. The van der Waals surface area contributed by atoms with Gasteiger partial charge in [0.25, 0.3) is 5.91 Å². The number of fused-ring (bicyclic) bond motifs is 1. The van der Waals surface area contributed by atoms with Crippen molar-refractivity contribution in [3.05, 3.63) is 54.0 Å². The van der Waals surface area contributed by atoms with Crippen LogP contribution in [0.5, 0.6) is 0 Å². The summed E-state index contributed by atoms with van der Waals surface area (Å²) >= 11 is 0. The summed E-state index contributed by atoms with van der Waals surface area (Å²) in [5.74, 6) is 1.59. The van der Waals surface area contributed by atoms with E-state index in [4.69, 9.17) is 4.42 Å². The third-order valence-electron chi connectivity index (χ3n) is 4.67. The Morgan fingerprint density at radius 3 is 2.88 bits per heavy atom. The number of hydrogen-bond donors (Lipinski definition) is 1. The predicted molar refractivity (Wildman–Crippen MR) is 92.3 cm³/mol. The second-order valence-corrected chi connectivity index (χ2v) is 6.35. The average Bonchev–Trinajstić information content (AvgIpc) is 3.36. The lowest BCUT2D eigenvalue weighted by atomic mass is 10.2. The van der Waals surface area contributed by atoms with Crippen LogP contribution < -0.4 is 5.32 Å². The Balaban J connectivity index is 1.52. The summed E-state index contributed by atoms with van der Waals surface area (Å²) in [4.78, 5) is 19.2. The van der Waals surface area contributed by atoms with Crippen molar-refractivity contribution < 1.29 is 9.21 Å². The number of likely N-dealkylation sites (tertiary alicyclic amines) is 1. The molecule has 0 saturated carbocycles. The molecule has 1 unspecified atom stereocenters. The fourth-order valence-electron chi connectivity index (χ4n) is 3.40. The van der Waals surface area contributed by atoms with Gasteiger partial charge in [0.05, 0.1) is 17.8 Å². The van der Waals surface area contributed by atoms with Gasteiger partial charge < -0.3 is 9.73 Å². The van der Waals surface area contributed by atoms with Crippen LogP contribution in [0, 0.1) is 6.92 Å². The highest BCUT2D eigenvalue weighted by Crippen LogP contribution is 2.26. The third-order valence-corrected chi connectivity index (χ3v) is 4.67. The van der Waals surface area contributed by atoms with E-state index in [1.807, 2.05) is 19.1 Å². The summed E-state index contributed by atoms with van der Waals surface area (Å²) in [6.45, 7) is 4.48. The average molecular weight is 339 g/mol. The highest BCUT2D eigenvalue weighted by molar-refractivity contribution is 5.98. The van der Waals surface area contributed by atoms with Gasteiger partial charge in [0, 0.05) is 18.9 Å². The van der Waals surface area contributed by atoms with Crippen molar-refractivity contribution in [3.8, 4) is 0 Å². The summed E-state index contributed by atoms with van der Waals surface area (Å²) in [6, 6.07) is 5.80. The first-order valence-corrected chi connectivity index (χ1v) is 8.59. The second kappa shape index (κ2) is 6.68. The van der Waals surface area contributed by atoms with Crippen LogP contribution in [0.15, 0.2) is 41.2 Å². The Hall–Kier alpha value is -2.67. The molecule has 1 amide bonds. The number of carbonyl (C=O) groups excluding carboxylic acids is 1. The number of nitrogens with one attached hydrogen (secondary N) is 1. The summed E-state index contributed by atoms with van der Waals surface area (Å²) in [5.41, 5.74) is 1.09. The fourth-order valence-corrected chi connectivity index (χ4v) is 3.40. The van der Waals surface area contributed by atoms with Crippen LogP contribution in [0.25, 0.3) is 5.52 Å². The number of aryl methyl sites for hydroxylation is 1. The Morgan fingerprint density at radius 1 is 1.28 bits per heavy atom. The zero-order valence-electron chi connectivity index (χ0n) is 14.2. The van der Waals surface area contributed by atoms with Crippen LogP contribution in [0.2, 0.25) is 0 Å². The first kappa shape index (κ1) is 15.8. The molecule has 1 saturated heterocycles. The monoisotopic (exact) mass is 339 g/mol. The van der Waals surface area contributed by atoms with E-state index >= 15 is 0 Å². The van der Waals surface area contributed by atoms with Gasteiger partial charge in [-0.25, -0.2) is 9.50 Å². The molecule has 3 aromatic rings. The molecule has 0 spiro atoms. The van der Waals surface area contributed by atoms with E-state index in [-0.39, 0.29) is 11.9 Å². The molecule has 4 heterocycles. The standard InChI is InChI=1S/C18H21N5O2/c1-13-4-5-16(25-13)15(22-9-2-3-10-22)12-20-18(24)17-14-6-7-21-23(14)11-8-19-17/h4-8,11,15H,2-3,9-10,12H2,1H3,(H,20,24). The minimum Gasteiger partial charge on any atom is -0.465 e. The van der Waals surface area contributed by atoms with Crippen molar-refractivity contribution in [1.82, 2.24) is 24.8 Å². The Kier molecular flexibility index (Phi) is 4.23. The number of amides is 1. The molecule has 0 aromatic carbocycles. The number of rotatable bonds is 5. The van der Waals surface area contributed by atoms with Crippen molar-refractivity contribution in [1.29, 1.82) is 0 Å². The molecule has 1 atom stereocenters. The molecule has 0 aliphatic carbocycles. The topological polar surface area (TPSA) is 75.7 Å². The summed E-state index contributed by atoms with van der Waals surface area (Å²) in [5, 5.41) is 7.17. The fraction of sp³-hybridized carbons (Fsp3) is 0.389. The molecule has 130 valence electrons. The van der Waals surface area contributed by atoms with Crippen LogP contribution >= 0.6 is 0 Å². The largest absolute Gasteiger partial charge is 0.465 e. The number of furan rings is 1. The Bertz CT molecular complexity index is 878. The van der Waals surface area contributed by atoms with E-state index in [9.17, 15) is 4.79 Å². The number of carbonyl (C=O) groups is 1. The maximum atomic E-state index is 12.6. The molecule has 7 heteroatoms. The normalized spacial score (nSPS) is 16.4. The lowest BCUT2D eigenvalue weighted by Gasteiger charge is -2.26. The maximum Gasteiger partial charge on any atom is 0.272 e. The molecule has 0 bridgehead atoms. The lowest BCUT2D eigenvalue weighted by Crippen LogP contribution is -2.37. The predicted octanol–water partition coefficient (Wildman–Crippen LogP) is 2.20. The summed E-state index contributed by atoms with van der Waals surface area (Å²) in [6.07, 6.45) is 7.33. The van der Waals surface area contributed by atoms with Gasteiger partial charge in [0.1, 0.15) is 11.5 Å². The van der Waals surface area contributed by atoms with Crippen LogP contribution in [0.3, 0.4) is 0 Å². The van der Waals surface area contributed by atoms with Gasteiger partial charge in [-0.05, 0) is 51.1 Å². The molecule has 0 radical (unpaired) electrons. The Morgan fingerprint density at radius 2 is 2.12 bits per heavy atom. The molecule has 25 heavy (non-hydrogen) atoms. The van der Waals surface area contributed by atoms with Gasteiger partial charge in [-0.3, -0.25) is 9.69 Å². The number of aromatic nitrogens is 3. The smallest absolute Gasteiger partial charge is 0.272 e. The molecular weight excluding hydrogens is 318 g/mol. The first-order valence-electron chi connectivity index (χ1n) is 8.59. The quantitative estimate of drug-likeness (QED) is 0.771. The van der Waals surface area contributed by atoms with Crippen molar-refractivity contribution >= 4 is 11.4 Å². The van der Waals surface area contributed by atoms with E-state index < -0.39 is 0 Å². The second-order valence-electron chi connectivity index (χ2n) is 6.35. The van der Waals surface area contributed by atoms with Gasteiger partial charge in [0.2, 0.25) is 0 Å². The van der Waals surface area contributed by atoms with Gasteiger partial charge in [0.15, 0.2) is 5.69 Å². The van der Waals surface area contributed by atoms with E-state index in [0.717, 1.165) is 24.6 Å². The SMILES string of the molecule is Cc1ccc(C(CNC(=O)c2nccn3nccc23)N2CCCC2)o1. The lowest BCUT2D eigenvalue weighted by molar-refractivity contribution is 0.0930. The van der Waals surface area contributed by atoms with E-state index in [1.165, 1.54) is 12.8 Å². The minimum atomic E-state index is -0.196. The van der Waals surface area contributed by atoms with Crippen molar-refractivity contribution in [2.75, 3.05) is 19.6 Å². The zero-order valence-corrected chi connectivity index (χ0v) is 14.2. The van der Waals surface area contributed by atoms with Crippen LogP contribution in [-0.2, 0) is 0 Å². The molecule has 1 N–H and O–H groups in total. The number of nitrogens with zero attached hydrogens (tertiary/aromatic N) is 4. The van der Waals surface area contributed by atoms with Crippen LogP contribution in [0.1, 0.15) is 40.9 Å². The maximum absolute atomic E-state index is 12.6. The van der Waals surface area contributed by atoms with Crippen molar-refractivity contribution in [2.45, 2.75) is 25.8 Å². The highest BCUT2D eigenvalue weighted by atomic mass is 16.3. The summed E-state index contributed by atoms with van der Waals surface area (Å²) in [7, 11) is 0. The van der Waals surface area contributed by atoms with Gasteiger partial charge in [-0.2, -0.15) is 5.10 Å². The number of hydrogen-bond acceptors (Lipinski definition) is 5. The molecule has 7 nitrogen and oxygen atoms in total. The van der Waals surface area contributed by atoms with E-state index in [0.29, 0.717) is 17.8 Å². The van der Waals surface area contributed by atoms with Gasteiger partial charge >= 0.3 is 0 Å².